The number of methoxy groups -OCH3 is 1. The van der Waals surface area contributed by atoms with Gasteiger partial charge in [0.1, 0.15) is 5.75 Å². The van der Waals surface area contributed by atoms with Crippen LogP contribution in [0.2, 0.25) is 0 Å². The van der Waals surface area contributed by atoms with Crippen molar-refractivity contribution < 1.29 is 14.3 Å². The lowest BCUT2D eigenvalue weighted by Gasteiger charge is -2.16. The molecule has 0 aromatic heterocycles. The Morgan fingerprint density at radius 3 is 2.32 bits per heavy atom. The van der Waals surface area contributed by atoms with E-state index in [1.807, 2.05) is 25.1 Å². The molecular formula is C16H22O3. The molecular weight excluding hydrogens is 240 g/mol. The number of carbonyl (C=O) groups excluding carboxylic acids is 2. The van der Waals surface area contributed by atoms with Crippen molar-refractivity contribution in [2.24, 2.45) is 5.41 Å². The molecule has 3 nitrogen and oxygen atoms in total. The number of Topliss-reactive ketones (excluding diaryl/α,β-unsaturated/α-hetero) is 2. The molecule has 0 aliphatic rings. The van der Waals surface area contributed by atoms with Crippen molar-refractivity contribution in [2.45, 2.75) is 40.5 Å². The second-order valence-corrected chi connectivity index (χ2v) is 5.68. The van der Waals surface area contributed by atoms with Crippen LogP contribution in [-0.4, -0.2) is 18.7 Å². The monoisotopic (exact) mass is 262 g/mol. The third kappa shape index (κ3) is 3.91. The lowest BCUT2D eigenvalue weighted by Crippen LogP contribution is -2.29. The summed E-state index contributed by atoms with van der Waals surface area (Å²) in [5.41, 5.74) is 1.28. The number of hydrogen-bond acceptors (Lipinski definition) is 3. The maximum absolute atomic E-state index is 12.0. The first-order valence-corrected chi connectivity index (χ1v) is 6.53. The van der Waals surface area contributed by atoms with E-state index in [4.69, 9.17) is 4.74 Å². The Kier molecular flexibility index (Phi) is 4.87. The third-order valence-electron chi connectivity index (χ3n) is 3.04. The number of aryl methyl sites for hydroxylation is 1. The third-order valence-corrected chi connectivity index (χ3v) is 3.04. The van der Waals surface area contributed by atoms with Crippen molar-refractivity contribution in [3.8, 4) is 5.75 Å². The van der Waals surface area contributed by atoms with E-state index in [0.29, 0.717) is 5.75 Å². The first kappa shape index (κ1) is 15.4. The van der Waals surface area contributed by atoms with Crippen LogP contribution in [0.25, 0.3) is 0 Å². The highest BCUT2D eigenvalue weighted by molar-refractivity contribution is 6.39. The van der Waals surface area contributed by atoms with Crippen molar-refractivity contribution in [1.29, 1.82) is 0 Å². The standard InChI is InChI=1S/C16H22O3/c1-6-11-7-8-14(19-5)12(9-11)10-13(17)15(18)16(2,3)4/h7-9H,6,10H2,1-5H3. The molecule has 1 rings (SSSR count). The van der Waals surface area contributed by atoms with E-state index in [9.17, 15) is 9.59 Å². The molecule has 0 bridgehead atoms. The zero-order chi connectivity index (χ0) is 14.6. The van der Waals surface area contributed by atoms with Gasteiger partial charge in [-0.15, -0.1) is 0 Å². The molecule has 0 aliphatic carbocycles. The summed E-state index contributed by atoms with van der Waals surface area (Å²) in [7, 11) is 1.57. The van der Waals surface area contributed by atoms with Crippen LogP contribution in [0.15, 0.2) is 18.2 Å². The predicted octanol–water partition coefficient (Wildman–Crippen LogP) is 2.98. The Morgan fingerprint density at radius 1 is 1.21 bits per heavy atom. The number of rotatable bonds is 5. The molecule has 0 aliphatic heterocycles. The molecule has 0 atom stereocenters. The largest absolute Gasteiger partial charge is 0.496 e. The molecule has 1 aromatic carbocycles. The summed E-state index contributed by atoms with van der Waals surface area (Å²) in [4.78, 5) is 24.0. The number of benzene rings is 1. The minimum Gasteiger partial charge on any atom is -0.496 e. The van der Waals surface area contributed by atoms with E-state index in [2.05, 4.69) is 0 Å². The highest BCUT2D eigenvalue weighted by Crippen LogP contribution is 2.23. The molecule has 1 aromatic rings. The number of carbonyl (C=O) groups is 2. The second-order valence-electron chi connectivity index (χ2n) is 5.68. The van der Waals surface area contributed by atoms with E-state index in [0.717, 1.165) is 17.5 Å². The van der Waals surface area contributed by atoms with Gasteiger partial charge in [-0.3, -0.25) is 9.59 Å². The van der Waals surface area contributed by atoms with Gasteiger partial charge in [-0.25, -0.2) is 0 Å². The van der Waals surface area contributed by atoms with Crippen molar-refractivity contribution in [2.75, 3.05) is 7.11 Å². The van der Waals surface area contributed by atoms with Crippen LogP contribution in [0.1, 0.15) is 38.8 Å². The number of ether oxygens (including phenoxy) is 1. The van der Waals surface area contributed by atoms with Crippen molar-refractivity contribution in [3.05, 3.63) is 29.3 Å². The molecule has 19 heavy (non-hydrogen) atoms. The number of hydrogen-bond donors (Lipinski definition) is 0. The molecule has 0 heterocycles. The van der Waals surface area contributed by atoms with Crippen LogP contribution in [-0.2, 0) is 22.4 Å². The van der Waals surface area contributed by atoms with Crippen LogP contribution >= 0.6 is 0 Å². The van der Waals surface area contributed by atoms with Gasteiger partial charge in [-0.2, -0.15) is 0 Å². The summed E-state index contributed by atoms with van der Waals surface area (Å²) in [5.74, 6) is -0.0391. The fourth-order valence-electron chi connectivity index (χ4n) is 1.86. The van der Waals surface area contributed by atoms with Crippen LogP contribution in [0.5, 0.6) is 5.75 Å². The average Bonchev–Trinajstić information content (AvgIpc) is 2.36. The molecule has 0 radical (unpaired) electrons. The van der Waals surface area contributed by atoms with Gasteiger partial charge < -0.3 is 4.74 Å². The van der Waals surface area contributed by atoms with Crippen molar-refractivity contribution in [1.82, 2.24) is 0 Å². The minimum atomic E-state index is -0.632. The molecule has 3 heteroatoms. The van der Waals surface area contributed by atoms with Crippen LogP contribution in [0.3, 0.4) is 0 Å². The summed E-state index contributed by atoms with van der Waals surface area (Å²) < 4.78 is 5.25. The van der Waals surface area contributed by atoms with Crippen LogP contribution in [0, 0.1) is 5.41 Å². The fourth-order valence-corrected chi connectivity index (χ4v) is 1.86. The van der Waals surface area contributed by atoms with Crippen LogP contribution in [0.4, 0.5) is 0 Å². The predicted molar refractivity (Wildman–Crippen MR) is 75.5 cm³/mol. The van der Waals surface area contributed by atoms with E-state index < -0.39 is 5.41 Å². The van der Waals surface area contributed by atoms with Crippen molar-refractivity contribution >= 4 is 11.6 Å². The van der Waals surface area contributed by atoms with Crippen molar-refractivity contribution in [3.63, 3.8) is 0 Å². The lowest BCUT2D eigenvalue weighted by molar-refractivity contribution is -0.140. The van der Waals surface area contributed by atoms with Gasteiger partial charge in [0, 0.05) is 17.4 Å². The van der Waals surface area contributed by atoms with Gasteiger partial charge in [0.05, 0.1) is 7.11 Å². The van der Waals surface area contributed by atoms with E-state index in [1.54, 1.807) is 27.9 Å². The zero-order valence-electron chi connectivity index (χ0n) is 12.4. The summed E-state index contributed by atoms with van der Waals surface area (Å²) in [6.45, 7) is 7.32. The highest BCUT2D eigenvalue weighted by Gasteiger charge is 2.28. The quantitative estimate of drug-likeness (QED) is 0.766. The van der Waals surface area contributed by atoms with Gasteiger partial charge in [0.15, 0.2) is 0 Å². The van der Waals surface area contributed by atoms with Gasteiger partial charge in [-0.1, -0.05) is 39.8 Å². The second kappa shape index (κ2) is 6.00. The summed E-state index contributed by atoms with van der Waals surface area (Å²) in [5, 5.41) is 0. The Morgan fingerprint density at radius 2 is 1.84 bits per heavy atom. The van der Waals surface area contributed by atoms with E-state index >= 15 is 0 Å². The Labute approximate surface area is 115 Å². The smallest absolute Gasteiger partial charge is 0.204 e. The van der Waals surface area contributed by atoms with Gasteiger partial charge >= 0.3 is 0 Å². The first-order valence-electron chi connectivity index (χ1n) is 6.53. The van der Waals surface area contributed by atoms with E-state index in [1.165, 1.54) is 0 Å². The lowest BCUT2D eigenvalue weighted by atomic mass is 9.86. The van der Waals surface area contributed by atoms with Gasteiger partial charge in [0.25, 0.3) is 0 Å². The Hall–Kier alpha value is -1.64. The zero-order valence-corrected chi connectivity index (χ0v) is 12.4. The topological polar surface area (TPSA) is 43.4 Å². The number of ketones is 2. The molecule has 0 spiro atoms. The molecule has 0 saturated carbocycles. The molecule has 0 unspecified atom stereocenters. The maximum Gasteiger partial charge on any atom is 0.204 e. The maximum atomic E-state index is 12.0. The summed E-state index contributed by atoms with van der Waals surface area (Å²) in [6, 6.07) is 5.76. The van der Waals surface area contributed by atoms with Crippen LogP contribution < -0.4 is 4.74 Å². The Bertz CT molecular complexity index is 481. The van der Waals surface area contributed by atoms with Gasteiger partial charge in [-0.05, 0) is 18.1 Å². The summed E-state index contributed by atoms with van der Waals surface area (Å²) in [6.07, 6.45) is 0.992. The minimum absolute atomic E-state index is 0.104. The molecule has 0 amide bonds. The SMILES string of the molecule is CCc1ccc(OC)c(CC(=O)C(=O)C(C)(C)C)c1. The van der Waals surface area contributed by atoms with E-state index in [-0.39, 0.29) is 18.0 Å². The molecule has 0 N–H and O–H groups in total. The molecule has 0 fully saturated rings. The fraction of sp³-hybridized carbons (Fsp3) is 0.500. The molecule has 104 valence electrons. The normalized spacial score (nSPS) is 11.2. The first-order chi connectivity index (χ1) is 8.79. The van der Waals surface area contributed by atoms with Gasteiger partial charge in [0.2, 0.25) is 11.6 Å². The Balaban J connectivity index is 2.98. The highest BCUT2D eigenvalue weighted by atomic mass is 16.5. The summed E-state index contributed by atoms with van der Waals surface area (Å²) >= 11 is 0. The average molecular weight is 262 g/mol. The molecule has 0 saturated heterocycles.